The molecule has 0 amide bonds. The van der Waals surface area contributed by atoms with E-state index < -0.39 is 60.9 Å². The summed E-state index contributed by atoms with van der Waals surface area (Å²) in [4.78, 5) is 38.2. The third kappa shape index (κ3) is 6.18. The summed E-state index contributed by atoms with van der Waals surface area (Å²) in [6, 6.07) is 12.4. The first kappa shape index (κ1) is 29.6. The fourth-order valence-electron chi connectivity index (χ4n) is 4.43. The Balaban J connectivity index is 1.61. The average Bonchev–Trinajstić information content (AvgIpc) is 3.19. The van der Waals surface area contributed by atoms with Crippen molar-refractivity contribution in [1.82, 2.24) is 14.6 Å². The van der Waals surface area contributed by atoms with E-state index >= 15 is 0 Å². The number of ether oxygens (including phenoxy) is 2. The van der Waals surface area contributed by atoms with Crippen molar-refractivity contribution >= 4 is 24.5 Å². The number of aromatic nitrogens is 2. The summed E-state index contributed by atoms with van der Waals surface area (Å²) >= 11 is 0. The normalized spacial score (nSPS) is 22.6. The maximum Gasteiger partial charge on any atom is 0.459 e. The molecule has 1 aliphatic heterocycles. The van der Waals surface area contributed by atoms with Gasteiger partial charge in [-0.05, 0) is 39.1 Å². The number of benzene rings is 2. The monoisotopic (exact) mass is 579 g/mol. The molecule has 2 unspecified atom stereocenters. The zero-order valence-electron chi connectivity index (χ0n) is 22.4. The van der Waals surface area contributed by atoms with E-state index in [0.717, 1.165) is 9.95 Å². The molecule has 216 valence electrons. The Morgan fingerprint density at radius 3 is 2.70 bits per heavy atom. The molecule has 40 heavy (non-hydrogen) atoms. The minimum atomic E-state index is -4.38. The van der Waals surface area contributed by atoms with Crippen molar-refractivity contribution in [3.63, 3.8) is 0 Å². The Morgan fingerprint density at radius 1 is 1.27 bits per heavy atom. The van der Waals surface area contributed by atoms with Crippen molar-refractivity contribution in [1.29, 1.82) is 0 Å². The molecule has 4 atom stereocenters. The fourth-order valence-corrected chi connectivity index (χ4v) is 6.13. The lowest BCUT2D eigenvalue weighted by Gasteiger charge is -2.30. The first-order chi connectivity index (χ1) is 18.8. The number of aliphatic hydroxyl groups is 1. The summed E-state index contributed by atoms with van der Waals surface area (Å²) in [5.41, 5.74) is -5.20. The van der Waals surface area contributed by atoms with Gasteiger partial charge in [-0.3, -0.25) is 23.7 Å². The molecule has 0 saturated carbocycles. The number of carbonyl (C=O) groups is 1. The molecule has 14 heteroatoms. The molecule has 0 radical (unpaired) electrons. The molecule has 1 aromatic heterocycles. The van der Waals surface area contributed by atoms with Gasteiger partial charge in [0, 0.05) is 11.8 Å². The van der Waals surface area contributed by atoms with Gasteiger partial charge in [0.25, 0.3) is 5.56 Å². The number of esters is 1. The quantitative estimate of drug-likeness (QED) is 0.241. The Bertz CT molecular complexity index is 1570. The maximum absolute atomic E-state index is 14.1. The number of hydrogen-bond acceptors (Lipinski definition) is 9. The van der Waals surface area contributed by atoms with E-state index in [0.29, 0.717) is 11.6 Å². The molecule has 0 aliphatic carbocycles. The van der Waals surface area contributed by atoms with Crippen LogP contribution in [-0.2, 0) is 29.1 Å². The van der Waals surface area contributed by atoms with Crippen molar-refractivity contribution in [3.8, 4) is 5.75 Å². The van der Waals surface area contributed by atoms with Gasteiger partial charge < -0.3 is 19.1 Å². The van der Waals surface area contributed by atoms with Gasteiger partial charge in [0.1, 0.15) is 23.1 Å². The van der Waals surface area contributed by atoms with Crippen LogP contribution in [0.25, 0.3) is 10.8 Å². The van der Waals surface area contributed by atoms with E-state index in [1.165, 1.54) is 20.8 Å². The molecular weight excluding hydrogens is 548 g/mol. The van der Waals surface area contributed by atoms with Crippen molar-refractivity contribution in [2.45, 2.75) is 57.6 Å². The molecule has 2 aromatic carbocycles. The van der Waals surface area contributed by atoms with Gasteiger partial charge in [0.2, 0.25) is 5.82 Å². The Hall–Kier alpha value is -3.35. The van der Waals surface area contributed by atoms with E-state index in [4.69, 9.17) is 18.5 Å². The highest BCUT2D eigenvalue weighted by molar-refractivity contribution is 7.52. The number of hydrogen-bond donors (Lipinski definition) is 3. The van der Waals surface area contributed by atoms with E-state index in [9.17, 15) is 28.4 Å². The highest BCUT2D eigenvalue weighted by Crippen LogP contribution is 2.49. The number of fused-ring (bicyclic) bond motifs is 1. The van der Waals surface area contributed by atoms with Crippen LogP contribution in [0.4, 0.5) is 4.39 Å². The first-order valence-corrected chi connectivity index (χ1v) is 14.1. The Morgan fingerprint density at radius 2 is 1.98 bits per heavy atom. The second-order valence-electron chi connectivity index (χ2n) is 10.0. The van der Waals surface area contributed by atoms with Crippen LogP contribution in [0.15, 0.2) is 58.3 Å². The van der Waals surface area contributed by atoms with Crippen LogP contribution >= 0.6 is 7.75 Å². The molecule has 0 spiro atoms. The highest BCUT2D eigenvalue weighted by Gasteiger charge is 2.47. The molecule has 1 fully saturated rings. The first-order valence-electron chi connectivity index (χ1n) is 12.5. The standard InChI is InChI=1S/C26H31FN3O9P/c1-5-36-23(33)25(2,3)29-40(35,39-20-12-8-10-16-9-6-7-11-17(16)20)37-15-21-19(31)13-26(4,38-21)30-14-18(27)22(32)28-24(30)34/h6-12,14,19,21,31H,5,13,15H2,1-4H3,(H,29,35)(H,28,32,34)/t19?,21-,26-,40?/m1/s1. The van der Waals surface area contributed by atoms with Crippen molar-refractivity contribution in [3.05, 3.63) is 75.3 Å². The predicted molar refractivity (Wildman–Crippen MR) is 142 cm³/mol. The van der Waals surface area contributed by atoms with Gasteiger partial charge in [-0.1, -0.05) is 36.4 Å². The summed E-state index contributed by atoms with van der Waals surface area (Å²) in [6.45, 7) is 5.52. The zero-order chi connectivity index (χ0) is 29.3. The number of halogens is 1. The van der Waals surface area contributed by atoms with Crippen LogP contribution in [0.5, 0.6) is 5.75 Å². The number of H-pyrrole nitrogens is 1. The average molecular weight is 580 g/mol. The molecule has 12 nitrogen and oxygen atoms in total. The third-order valence-electron chi connectivity index (χ3n) is 6.41. The van der Waals surface area contributed by atoms with Crippen LogP contribution in [0, 0.1) is 5.82 Å². The molecule has 3 N–H and O–H groups in total. The zero-order valence-corrected chi connectivity index (χ0v) is 23.3. The van der Waals surface area contributed by atoms with Gasteiger partial charge in [-0.25, -0.2) is 9.36 Å². The number of carbonyl (C=O) groups excluding carboxylic acids is 1. The van der Waals surface area contributed by atoms with E-state index in [1.54, 1.807) is 31.2 Å². The van der Waals surface area contributed by atoms with Crippen molar-refractivity contribution in [2.24, 2.45) is 0 Å². The van der Waals surface area contributed by atoms with E-state index in [2.05, 4.69) is 5.09 Å². The van der Waals surface area contributed by atoms with Gasteiger partial charge in [0.15, 0.2) is 0 Å². The molecule has 4 rings (SSSR count). The number of nitrogens with one attached hydrogen (secondary N) is 2. The van der Waals surface area contributed by atoms with Gasteiger partial charge >= 0.3 is 19.4 Å². The summed E-state index contributed by atoms with van der Waals surface area (Å²) in [5.74, 6) is -1.71. The van der Waals surface area contributed by atoms with Gasteiger partial charge in [-0.2, -0.15) is 9.48 Å². The molecule has 2 heterocycles. The molecule has 3 aromatic rings. The van der Waals surface area contributed by atoms with E-state index in [-0.39, 0.29) is 18.8 Å². The second-order valence-corrected chi connectivity index (χ2v) is 11.7. The Labute approximate surface area is 228 Å². The lowest BCUT2D eigenvalue weighted by atomic mass is 10.1. The van der Waals surface area contributed by atoms with Crippen LogP contribution in [0.3, 0.4) is 0 Å². The number of aromatic amines is 1. The van der Waals surface area contributed by atoms with Crippen LogP contribution < -0.4 is 20.9 Å². The SMILES string of the molecule is CCOC(=O)C(C)(C)NP(=O)(OC[C@H]1O[C@@](C)(n2cc(F)c(=O)[nH]c2=O)CC1O)Oc1cccc2ccccc12. The van der Waals surface area contributed by atoms with Crippen LogP contribution in [-0.4, -0.2) is 51.6 Å². The van der Waals surface area contributed by atoms with Crippen LogP contribution in [0.2, 0.25) is 0 Å². The summed E-state index contributed by atoms with van der Waals surface area (Å²) < 4.78 is 51.4. The van der Waals surface area contributed by atoms with Crippen molar-refractivity contribution < 1.29 is 37.4 Å². The number of rotatable bonds is 10. The molecule has 0 bridgehead atoms. The topological polar surface area (TPSA) is 158 Å². The minimum absolute atomic E-state index is 0.0880. The van der Waals surface area contributed by atoms with E-state index in [1.807, 2.05) is 23.2 Å². The highest BCUT2D eigenvalue weighted by atomic mass is 31.2. The largest absolute Gasteiger partial charge is 0.465 e. The minimum Gasteiger partial charge on any atom is -0.465 e. The predicted octanol–water partition coefficient (Wildman–Crippen LogP) is 2.79. The number of nitrogens with zero attached hydrogens (tertiary/aromatic N) is 1. The lowest BCUT2D eigenvalue weighted by Crippen LogP contribution is -2.47. The lowest BCUT2D eigenvalue weighted by molar-refractivity contribution is -0.149. The van der Waals surface area contributed by atoms with Gasteiger partial charge in [0.05, 0.1) is 25.5 Å². The number of aliphatic hydroxyl groups excluding tert-OH is 1. The molecular formula is C26H31FN3O9P. The van der Waals surface area contributed by atoms with Crippen molar-refractivity contribution in [2.75, 3.05) is 13.2 Å². The third-order valence-corrected chi connectivity index (χ3v) is 8.17. The smallest absolute Gasteiger partial charge is 0.459 e. The Kier molecular flexibility index (Phi) is 8.34. The van der Waals surface area contributed by atoms with Crippen LogP contribution in [0.1, 0.15) is 34.1 Å². The second kappa shape index (κ2) is 11.3. The molecule has 1 aliphatic rings. The maximum atomic E-state index is 14.1. The van der Waals surface area contributed by atoms with Gasteiger partial charge in [-0.15, -0.1) is 0 Å². The molecule has 1 saturated heterocycles. The summed E-state index contributed by atoms with van der Waals surface area (Å²) in [5, 5.41) is 14.8. The fraction of sp³-hybridized carbons (Fsp3) is 0.423. The summed E-state index contributed by atoms with van der Waals surface area (Å²) in [6.07, 6.45) is -1.88. The summed E-state index contributed by atoms with van der Waals surface area (Å²) in [7, 11) is -4.38.